The van der Waals surface area contributed by atoms with Gasteiger partial charge in [-0.1, -0.05) is 0 Å². The van der Waals surface area contributed by atoms with Gasteiger partial charge >= 0.3 is 24.2 Å². The van der Waals surface area contributed by atoms with Gasteiger partial charge in [0, 0.05) is 44.5 Å². The lowest BCUT2D eigenvalue weighted by atomic mass is 10.1. The van der Waals surface area contributed by atoms with E-state index in [0.717, 1.165) is 0 Å². The second-order valence-corrected chi connectivity index (χ2v) is 15.1. The minimum atomic E-state index is -0.910. The van der Waals surface area contributed by atoms with E-state index in [1.54, 1.807) is 92.5 Å². The molecule has 17 nitrogen and oxygen atoms in total. The molecule has 0 spiro atoms. The molecule has 1 heterocycles. The lowest BCUT2D eigenvalue weighted by Gasteiger charge is -2.24. The number of ether oxygens (including phenoxy) is 4. The molecule has 0 fully saturated rings. The normalized spacial score (nSPS) is 14.4. The van der Waals surface area contributed by atoms with Gasteiger partial charge < -0.3 is 39.4 Å². The molecule has 52 heavy (non-hydrogen) atoms. The first-order chi connectivity index (χ1) is 24.0. The minimum Gasteiger partial charge on any atom is -0.469 e. The monoisotopic (exact) mass is 733 g/mol. The summed E-state index contributed by atoms with van der Waals surface area (Å²) in [4.78, 5) is 83.3. The van der Waals surface area contributed by atoms with Crippen LogP contribution in [-0.2, 0) is 35.1 Å². The largest absolute Gasteiger partial charge is 0.469 e. The summed E-state index contributed by atoms with van der Waals surface area (Å²) in [6, 6.07) is 4.04. The highest BCUT2D eigenvalue weighted by atomic mass is 16.6. The number of amides is 5. The fourth-order valence-electron chi connectivity index (χ4n) is 4.65. The van der Waals surface area contributed by atoms with Gasteiger partial charge in [0.1, 0.15) is 22.8 Å². The Kier molecular flexibility index (Phi) is 15.3. The topological polar surface area (TPSA) is 206 Å². The number of fused-ring (bicyclic) bond motifs is 1. The number of alkyl carbamates (subject to hydrolysis) is 3. The minimum absolute atomic E-state index is 0.00944. The summed E-state index contributed by atoms with van der Waals surface area (Å²) < 4.78 is 20.6. The molecule has 1 aliphatic rings. The molecule has 4 N–H and O–H groups in total. The molecule has 5 amide bonds. The predicted molar refractivity (Wildman–Crippen MR) is 193 cm³/mol. The number of methoxy groups -OCH3 is 1. The molecule has 0 aromatic heterocycles. The van der Waals surface area contributed by atoms with Crippen molar-refractivity contribution in [2.24, 2.45) is 4.99 Å². The first kappa shape index (κ1) is 43.1. The van der Waals surface area contributed by atoms with Crippen LogP contribution >= 0.6 is 0 Å². The molecule has 0 unspecified atom stereocenters. The van der Waals surface area contributed by atoms with E-state index < -0.39 is 47.1 Å². The van der Waals surface area contributed by atoms with Crippen molar-refractivity contribution in [2.75, 3.05) is 45.7 Å². The van der Waals surface area contributed by atoms with Crippen LogP contribution in [0.5, 0.6) is 0 Å². The van der Waals surface area contributed by atoms with Crippen LogP contribution < -0.4 is 21.3 Å². The lowest BCUT2D eigenvalue weighted by molar-refractivity contribution is -0.144. The Bertz CT molecular complexity index is 1460. The van der Waals surface area contributed by atoms with Gasteiger partial charge in [-0.15, -0.1) is 0 Å². The fraction of sp³-hybridized carbons (Fsp3) is 0.629. The molecule has 0 aliphatic carbocycles. The Morgan fingerprint density at radius 1 is 0.904 bits per heavy atom. The summed E-state index contributed by atoms with van der Waals surface area (Å²) in [5, 5.41) is 10.6. The molecule has 0 saturated carbocycles. The SMILES string of the molecule is COC(=O)C[C@@H]1Nc2ccc(C(=O)N(C)CCN=C(NC(=O)OC(C)(C)C)NC(=O)OC(C)(C)C)cc2CN(CCCNC(=O)OC(C)(C)C)C1=O. The zero-order valence-electron chi connectivity index (χ0n) is 32.2. The highest BCUT2D eigenvalue weighted by molar-refractivity contribution is 6.01. The van der Waals surface area contributed by atoms with Crippen LogP contribution in [0.25, 0.3) is 0 Å². The van der Waals surface area contributed by atoms with E-state index in [1.165, 1.54) is 12.0 Å². The van der Waals surface area contributed by atoms with Crippen LogP contribution in [0, 0.1) is 0 Å². The number of rotatable bonds is 10. The predicted octanol–water partition coefficient (Wildman–Crippen LogP) is 3.76. The van der Waals surface area contributed by atoms with E-state index in [0.29, 0.717) is 23.2 Å². The molecule has 1 aliphatic heterocycles. The van der Waals surface area contributed by atoms with Crippen molar-refractivity contribution in [3.63, 3.8) is 0 Å². The van der Waals surface area contributed by atoms with Crippen molar-refractivity contribution in [2.45, 2.75) is 105 Å². The second-order valence-electron chi connectivity index (χ2n) is 15.1. The molecule has 1 atom stereocenters. The smallest absolute Gasteiger partial charge is 0.414 e. The van der Waals surface area contributed by atoms with Crippen LogP contribution in [0.2, 0.25) is 0 Å². The average Bonchev–Trinajstić information content (AvgIpc) is 3.11. The van der Waals surface area contributed by atoms with Gasteiger partial charge in [-0.05, 0) is 92.5 Å². The number of carbonyl (C=O) groups is 6. The summed E-state index contributed by atoms with van der Waals surface area (Å²) in [5.74, 6) is -1.47. The highest BCUT2D eigenvalue weighted by Crippen LogP contribution is 2.26. The quantitative estimate of drug-likeness (QED) is 0.0896. The standard InChI is InChI=1S/C35H55N7O10/c1-33(2,3)50-30(46)37-15-12-17-42-21-23-19-22(13-14-24(23)38-25(28(42)45)20-26(43)49-11)27(44)41(10)18-16-36-29(39-31(47)51-34(4,5)6)40-32(48)52-35(7,8)9/h13-14,19,25,38H,12,15-18,20-21H2,1-11H3,(H,37,46)(H2,36,39,40,47,48)/t25-/m0/s1. The Labute approximate surface area is 305 Å². The van der Waals surface area contributed by atoms with Gasteiger partial charge in [-0.2, -0.15) is 0 Å². The molecule has 0 bridgehead atoms. The molecule has 0 saturated heterocycles. The van der Waals surface area contributed by atoms with Crippen molar-refractivity contribution in [3.05, 3.63) is 29.3 Å². The second kappa shape index (κ2) is 18.4. The van der Waals surface area contributed by atoms with Crippen molar-refractivity contribution >= 4 is 47.7 Å². The third kappa shape index (κ3) is 15.9. The highest BCUT2D eigenvalue weighted by Gasteiger charge is 2.32. The molecular weight excluding hydrogens is 678 g/mol. The van der Waals surface area contributed by atoms with E-state index in [2.05, 4.69) is 26.3 Å². The van der Waals surface area contributed by atoms with Gasteiger partial charge in [0.2, 0.25) is 11.9 Å². The number of aliphatic imine (C=N–C) groups is 1. The summed E-state index contributed by atoms with van der Waals surface area (Å²) in [7, 11) is 2.82. The number of hydrogen-bond donors (Lipinski definition) is 4. The maximum Gasteiger partial charge on any atom is 0.414 e. The van der Waals surface area contributed by atoms with E-state index in [-0.39, 0.29) is 56.9 Å². The molecule has 290 valence electrons. The first-order valence-electron chi connectivity index (χ1n) is 17.0. The number of guanidine groups is 1. The van der Waals surface area contributed by atoms with Crippen LogP contribution in [0.1, 0.15) is 91.1 Å². The number of esters is 1. The van der Waals surface area contributed by atoms with Gasteiger partial charge in [0.15, 0.2) is 0 Å². The third-order valence-corrected chi connectivity index (χ3v) is 6.82. The number of carbonyl (C=O) groups excluding carboxylic acids is 6. The zero-order valence-corrected chi connectivity index (χ0v) is 32.2. The maximum absolute atomic E-state index is 13.5. The zero-order chi connectivity index (χ0) is 39.4. The molecule has 0 radical (unpaired) electrons. The Morgan fingerprint density at radius 3 is 2.00 bits per heavy atom. The molecule has 1 aromatic carbocycles. The van der Waals surface area contributed by atoms with E-state index in [9.17, 15) is 28.8 Å². The summed E-state index contributed by atoms with van der Waals surface area (Å²) in [6.45, 7) is 16.1. The number of anilines is 1. The number of nitrogens with zero attached hydrogens (tertiary/aromatic N) is 3. The van der Waals surface area contributed by atoms with Gasteiger partial charge in [-0.25, -0.2) is 14.4 Å². The van der Waals surface area contributed by atoms with Gasteiger partial charge in [0.25, 0.3) is 5.91 Å². The Balaban J connectivity index is 2.20. The Hall–Kier alpha value is -5.09. The average molecular weight is 734 g/mol. The van der Waals surface area contributed by atoms with E-state index in [4.69, 9.17) is 18.9 Å². The van der Waals surface area contributed by atoms with Crippen LogP contribution in [0.4, 0.5) is 20.1 Å². The first-order valence-corrected chi connectivity index (χ1v) is 17.0. The van der Waals surface area contributed by atoms with Crippen LogP contribution in [-0.4, -0.2) is 115 Å². The number of likely N-dealkylation sites (N-methyl/N-ethyl adjacent to an activating group) is 1. The molecular formula is C35H55N7O10. The van der Waals surface area contributed by atoms with E-state index >= 15 is 0 Å². The summed E-state index contributed by atoms with van der Waals surface area (Å²) in [5.41, 5.74) is -0.712. The number of hydrogen-bond acceptors (Lipinski definition) is 12. The summed E-state index contributed by atoms with van der Waals surface area (Å²) >= 11 is 0. The molecule has 2 rings (SSSR count). The third-order valence-electron chi connectivity index (χ3n) is 6.82. The van der Waals surface area contributed by atoms with Gasteiger partial charge in [-0.3, -0.25) is 30.0 Å². The van der Waals surface area contributed by atoms with E-state index in [1.807, 2.05) is 0 Å². The fourth-order valence-corrected chi connectivity index (χ4v) is 4.65. The van der Waals surface area contributed by atoms with Crippen LogP contribution in [0.15, 0.2) is 23.2 Å². The number of benzene rings is 1. The van der Waals surface area contributed by atoms with Crippen molar-refractivity contribution in [1.29, 1.82) is 0 Å². The number of nitrogens with one attached hydrogen (secondary N) is 4. The van der Waals surface area contributed by atoms with Crippen LogP contribution in [0.3, 0.4) is 0 Å². The molecule has 1 aromatic rings. The summed E-state index contributed by atoms with van der Waals surface area (Å²) in [6.07, 6.45) is -2.06. The Morgan fingerprint density at radius 2 is 1.46 bits per heavy atom. The van der Waals surface area contributed by atoms with Crippen molar-refractivity contribution in [1.82, 2.24) is 25.8 Å². The maximum atomic E-state index is 13.5. The molecule has 17 heteroatoms. The lowest BCUT2D eigenvalue weighted by Crippen LogP contribution is -2.47. The van der Waals surface area contributed by atoms with Crippen molar-refractivity contribution < 1.29 is 47.7 Å². The van der Waals surface area contributed by atoms with Crippen molar-refractivity contribution in [3.8, 4) is 0 Å². The van der Waals surface area contributed by atoms with Gasteiger partial charge in [0.05, 0.1) is 20.1 Å².